The van der Waals surface area contributed by atoms with E-state index in [0.29, 0.717) is 25.9 Å². The van der Waals surface area contributed by atoms with Crippen molar-refractivity contribution < 1.29 is 24.5 Å². The summed E-state index contributed by atoms with van der Waals surface area (Å²) >= 11 is 0. The maximum absolute atomic E-state index is 12.4. The van der Waals surface area contributed by atoms with Crippen molar-refractivity contribution in [1.29, 1.82) is 0 Å². The van der Waals surface area contributed by atoms with Gasteiger partial charge in [-0.3, -0.25) is 9.59 Å². The second-order valence-corrected chi connectivity index (χ2v) is 19.6. The Hall–Kier alpha value is -1.14. The number of amides is 1. The van der Waals surface area contributed by atoms with Crippen LogP contribution in [0.4, 0.5) is 0 Å². The number of carbonyl (C=O) groups excluding carboxylic acids is 2. The van der Waals surface area contributed by atoms with Gasteiger partial charge < -0.3 is 20.3 Å². The van der Waals surface area contributed by atoms with Gasteiger partial charge in [0.05, 0.1) is 25.4 Å². The second-order valence-electron chi connectivity index (χ2n) is 19.6. The van der Waals surface area contributed by atoms with Crippen molar-refractivity contribution in [2.24, 2.45) is 0 Å². The van der Waals surface area contributed by atoms with E-state index in [-0.39, 0.29) is 18.5 Å². The highest BCUT2D eigenvalue weighted by molar-refractivity contribution is 5.76. The minimum Gasteiger partial charge on any atom is -0.466 e. The number of hydrogen-bond donors (Lipinski definition) is 3. The van der Waals surface area contributed by atoms with Crippen LogP contribution in [0.3, 0.4) is 0 Å². The molecule has 0 aromatic heterocycles. The highest BCUT2D eigenvalue weighted by Gasteiger charge is 2.20. The minimum absolute atomic E-state index is 0.00994. The van der Waals surface area contributed by atoms with Crippen LogP contribution in [0, 0.1) is 0 Å². The van der Waals surface area contributed by atoms with Crippen LogP contribution in [-0.4, -0.2) is 47.4 Å². The first-order valence-corrected chi connectivity index (χ1v) is 28.3. The quantitative estimate of drug-likeness (QED) is 0.0418. The average Bonchev–Trinajstić information content (AvgIpc) is 3.27. The number of carbonyl (C=O) groups is 2. The van der Waals surface area contributed by atoms with E-state index < -0.39 is 12.1 Å². The van der Waals surface area contributed by atoms with Gasteiger partial charge in [-0.15, -0.1) is 0 Å². The lowest BCUT2D eigenvalue weighted by Crippen LogP contribution is -2.45. The Labute approximate surface area is 387 Å². The van der Waals surface area contributed by atoms with Crippen molar-refractivity contribution in [3.8, 4) is 0 Å². The van der Waals surface area contributed by atoms with E-state index in [1.165, 1.54) is 250 Å². The summed E-state index contributed by atoms with van der Waals surface area (Å²) in [6.45, 7) is 4.96. The molecule has 3 N–H and O–H groups in total. The Morgan fingerprint density at radius 1 is 0.387 bits per heavy atom. The first-order chi connectivity index (χ1) is 30.5. The van der Waals surface area contributed by atoms with Gasteiger partial charge in [0.1, 0.15) is 0 Å². The van der Waals surface area contributed by atoms with E-state index in [0.717, 1.165) is 38.5 Å². The molecule has 0 radical (unpaired) electrons. The molecule has 0 aliphatic heterocycles. The summed E-state index contributed by atoms with van der Waals surface area (Å²) in [6, 6.07) is -0.542. The van der Waals surface area contributed by atoms with E-state index in [1.54, 1.807) is 0 Å². The molecule has 6 nitrogen and oxygen atoms in total. The van der Waals surface area contributed by atoms with E-state index in [1.807, 2.05) is 0 Å². The molecule has 0 bridgehead atoms. The number of rotatable bonds is 53. The Balaban J connectivity index is 3.36. The predicted octanol–water partition coefficient (Wildman–Crippen LogP) is 17.1. The molecule has 0 rings (SSSR count). The summed E-state index contributed by atoms with van der Waals surface area (Å²) in [5.41, 5.74) is 0. The first kappa shape index (κ1) is 60.9. The van der Waals surface area contributed by atoms with Crippen molar-refractivity contribution >= 4 is 11.9 Å². The third-order valence-electron chi connectivity index (χ3n) is 13.4. The second kappa shape index (κ2) is 52.5. The monoisotopic (exact) mass is 878 g/mol. The fraction of sp³-hybridized carbons (Fsp3) is 0.964. The third-order valence-corrected chi connectivity index (χ3v) is 13.4. The topological polar surface area (TPSA) is 95.9 Å². The SMILES string of the molecule is CCCCCCCCCCCCCCCCCCCC(=O)OCCCCCCCCCCCCCCCCCCCC(=O)NC(CO)C(O)CCCCCCCCCCCCC. The molecule has 2 atom stereocenters. The molecule has 2 unspecified atom stereocenters. The van der Waals surface area contributed by atoms with E-state index in [9.17, 15) is 19.8 Å². The fourth-order valence-electron chi connectivity index (χ4n) is 9.05. The van der Waals surface area contributed by atoms with E-state index in [4.69, 9.17) is 4.74 Å². The lowest BCUT2D eigenvalue weighted by atomic mass is 10.0. The maximum Gasteiger partial charge on any atom is 0.305 e. The number of aliphatic hydroxyl groups excluding tert-OH is 2. The van der Waals surface area contributed by atoms with Crippen LogP contribution in [-0.2, 0) is 14.3 Å². The van der Waals surface area contributed by atoms with Gasteiger partial charge in [-0.05, 0) is 25.7 Å². The molecular weight excluding hydrogens is 767 g/mol. The van der Waals surface area contributed by atoms with Gasteiger partial charge in [0.2, 0.25) is 5.91 Å². The predicted molar refractivity (Wildman–Crippen MR) is 269 cm³/mol. The minimum atomic E-state index is -0.665. The number of esters is 1. The van der Waals surface area contributed by atoms with Crippen molar-refractivity contribution in [2.45, 2.75) is 334 Å². The van der Waals surface area contributed by atoms with Crippen molar-refractivity contribution in [3.05, 3.63) is 0 Å². The van der Waals surface area contributed by atoms with Gasteiger partial charge in [-0.1, -0.05) is 284 Å². The Morgan fingerprint density at radius 3 is 0.984 bits per heavy atom. The van der Waals surface area contributed by atoms with E-state index in [2.05, 4.69) is 19.2 Å². The molecule has 0 spiro atoms. The van der Waals surface area contributed by atoms with Crippen LogP contribution in [0.5, 0.6) is 0 Å². The van der Waals surface area contributed by atoms with Crippen LogP contribution < -0.4 is 5.32 Å². The lowest BCUT2D eigenvalue weighted by Gasteiger charge is -2.22. The standard InChI is InChI=1S/C56H111NO5/c1-3-5-7-9-11-13-15-16-17-19-23-26-30-34-38-42-46-50-56(61)62-51-47-43-39-35-31-27-24-21-18-20-22-25-29-33-37-41-45-49-55(60)57-53(52-58)54(59)48-44-40-36-32-28-14-12-10-8-6-4-2/h53-54,58-59H,3-52H2,1-2H3,(H,57,60). The first-order valence-electron chi connectivity index (χ1n) is 28.3. The summed E-state index contributed by atoms with van der Waals surface area (Å²) in [7, 11) is 0. The van der Waals surface area contributed by atoms with Crippen molar-refractivity contribution in [2.75, 3.05) is 13.2 Å². The molecule has 0 fully saturated rings. The molecule has 0 saturated carbocycles. The zero-order valence-corrected chi connectivity index (χ0v) is 42.1. The summed E-state index contributed by atoms with van der Waals surface area (Å²) in [5, 5.41) is 23.2. The fourth-order valence-corrected chi connectivity index (χ4v) is 9.05. The van der Waals surface area contributed by atoms with Gasteiger partial charge in [0.25, 0.3) is 0 Å². The summed E-state index contributed by atoms with van der Waals surface area (Å²) in [4.78, 5) is 24.5. The molecule has 370 valence electrons. The van der Waals surface area contributed by atoms with E-state index >= 15 is 0 Å². The number of hydrogen-bond acceptors (Lipinski definition) is 5. The molecule has 62 heavy (non-hydrogen) atoms. The highest BCUT2D eigenvalue weighted by atomic mass is 16.5. The summed E-state index contributed by atoms with van der Waals surface area (Å²) < 4.78 is 5.49. The molecule has 0 aliphatic carbocycles. The maximum atomic E-state index is 12.4. The Bertz CT molecular complexity index is 882. The Morgan fingerprint density at radius 2 is 0.661 bits per heavy atom. The molecule has 0 saturated heterocycles. The van der Waals surface area contributed by atoms with Gasteiger partial charge >= 0.3 is 5.97 Å². The zero-order chi connectivity index (χ0) is 45.1. The molecule has 0 aliphatic rings. The van der Waals surface area contributed by atoms with Crippen molar-refractivity contribution in [3.63, 3.8) is 0 Å². The van der Waals surface area contributed by atoms with Crippen LogP contribution in [0.1, 0.15) is 322 Å². The normalized spacial score (nSPS) is 12.5. The molecule has 6 heteroatoms. The largest absolute Gasteiger partial charge is 0.466 e. The molecule has 0 heterocycles. The molecule has 0 aromatic rings. The summed E-state index contributed by atoms with van der Waals surface area (Å²) in [6.07, 6.45) is 59.5. The smallest absolute Gasteiger partial charge is 0.305 e. The molecular formula is C56H111NO5. The van der Waals surface area contributed by atoms with Gasteiger partial charge in [0.15, 0.2) is 0 Å². The van der Waals surface area contributed by atoms with Crippen LogP contribution in [0.25, 0.3) is 0 Å². The Kier molecular flexibility index (Phi) is 51.5. The number of ether oxygens (including phenoxy) is 1. The molecule has 0 aromatic carbocycles. The summed E-state index contributed by atoms with van der Waals surface area (Å²) in [5.74, 6) is -0.0296. The number of aliphatic hydroxyl groups is 2. The van der Waals surface area contributed by atoms with Crippen LogP contribution in [0.2, 0.25) is 0 Å². The number of unbranched alkanes of at least 4 members (excludes halogenated alkanes) is 42. The van der Waals surface area contributed by atoms with Gasteiger partial charge in [-0.2, -0.15) is 0 Å². The third kappa shape index (κ3) is 48.3. The molecule has 1 amide bonds. The zero-order valence-electron chi connectivity index (χ0n) is 42.1. The average molecular weight is 879 g/mol. The van der Waals surface area contributed by atoms with Crippen LogP contribution in [0.15, 0.2) is 0 Å². The van der Waals surface area contributed by atoms with Crippen LogP contribution >= 0.6 is 0 Å². The highest BCUT2D eigenvalue weighted by Crippen LogP contribution is 2.18. The van der Waals surface area contributed by atoms with Gasteiger partial charge in [0, 0.05) is 12.8 Å². The lowest BCUT2D eigenvalue weighted by molar-refractivity contribution is -0.143. The van der Waals surface area contributed by atoms with Gasteiger partial charge in [-0.25, -0.2) is 0 Å². The van der Waals surface area contributed by atoms with Crippen molar-refractivity contribution in [1.82, 2.24) is 5.32 Å². The number of nitrogens with one attached hydrogen (secondary N) is 1.